The molecule has 0 amide bonds. The van der Waals surface area contributed by atoms with Gasteiger partial charge >= 0.3 is 0 Å². The van der Waals surface area contributed by atoms with Crippen LogP contribution in [-0.4, -0.2) is 27.7 Å². The zero-order chi connectivity index (χ0) is 14.9. The Morgan fingerprint density at radius 1 is 1.09 bits per heavy atom. The van der Waals surface area contributed by atoms with Gasteiger partial charge < -0.3 is 9.64 Å². The minimum absolute atomic E-state index is 0.780. The smallest absolute Gasteiger partial charge is 0.158 e. The second-order valence-electron chi connectivity index (χ2n) is 5.67. The normalized spacial score (nSPS) is 14.7. The van der Waals surface area contributed by atoms with Gasteiger partial charge in [-0.1, -0.05) is 6.07 Å². The molecule has 2 aromatic heterocycles. The summed E-state index contributed by atoms with van der Waals surface area (Å²) < 4.78 is 7.80. The van der Waals surface area contributed by atoms with E-state index in [1.807, 2.05) is 18.3 Å². The second kappa shape index (κ2) is 5.33. The first-order chi connectivity index (χ1) is 10.8. The zero-order valence-corrected chi connectivity index (χ0v) is 12.6. The SMILES string of the molecule is Cc1ccc(N2CCCC2)cc1Oc1ccn2ncnc2c1. The highest BCUT2D eigenvalue weighted by Gasteiger charge is 2.14. The van der Waals surface area contributed by atoms with Crippen LogP contribution in [0.1, 0.15) is 18.4 Å². The molecule has 1 aliphatic rings. The van der Waals surface area contributed by atoms with Crippen molar-refractivity contribution in [3.05, 3.63) is 48.4 Å². The number of ether oxygens (including phenoxy) is 1. The third kappa shape index (κ3) is 2.39. The predicted molar refractivity (Wildman–Crippen MR) is 85.7 cm³/mol. The van der Waals surface area contributed by atoms with Crippen molar-refractivity contribution in [2.24, 2.45) is 0 Å². The Kier molecular flexibility index (Phi) is 3.18. The molecule has 0 bridgehead atoms. The van der Waals surface area contributed by atoms with Crippen LogP contribution in [0.4, 0.5) is 5.69 Å². The van der Waals surface area contributed by atoms with Gasteiger partial charge in [0.05, 0.1) is 0 Å². The Balaban J connectivity index is 1.64. The van der Waals surface area contributed by atoms with E-state index in [0.29, 0.717) is 0 Å². The number of aromatic nitrogens is 3. The summed E-state index contributed by atoms with van der Waals surface area (Å²) in [6.07, 6.45) is 5.94. The average Bonchev–Trinajstić information content (AvgIpc) is 3.19. The first kappa shape index (κ1) is 13.1. The molecular weight excluding hydrogens is 276 g/mol. The van der Waals surface area contributed by atoms with Crippen molar-refractivity contribution in [3.63, 3.8) is 0 Å². The zero-order valence-electron chi connectivity index (χ0n) is 12.6. The first-order valence-electron chi connectivity index (χ1n) is 7.62. The maximum absolute atomic E-state index is 6.08. The molecule has 5 nitrogen and oxygen atoms in total. The van der Waals surface area contributed by atoms with E-state index in [4.69, 9.17) is 4.74 Å². The highest BCUT2D eigenvalue weighted by molar-refractivity contribution is 5.55. The molecule has 0 saturated carbocycles. The van der Waals surface area contributed by atoms with Gasteiger partial charge in [0, 0.05) is 37.1 Å². The Labute approximate surface area is 129 Å². The van der Waals surface area contributed by atoms with Gasteiger partial charge in [0.1, 0.15) is 17.8 Å². The summed E-state index contributed by atoms with van der Waals surface area (Å²) in [6, 6.07) is 10.2. The van der Waals surface area contributed by atoms with Crippen molar-refractivity contribution in [1.29, 1.82) is 0 Å². The van der Waals surface area contributed by atoms with E-state index >= 15 is 0 Å². The lowest BCUT2D eigenvalue weighted by atomic mass is 10.2. The fourth-order valence-corrected chi connectivity index (χ4v) is 2.86. The maximum atomic E-state index is 6.08. The van der Waals surface area contributed by atoms with Crippen molar-refractivity contribution in [2.45, 2.75) is 19.8 Å². The predicted octanol–water partition coefficient (Wildman–Crippen LogP) is 3.43. The maximum Gasteiger partial charge on any atom is 0.158 e. The van der Waals surface area contributed by atoms with Crippen LogP contribution in [-0.2, 0) is 0 Å². The van der Waals surface area contributed by atoms with Crippen LogP contribution in [0, 0.1) is 6.92 Å². The fourth-order valence-electron chi connectivity index (χ4n) is 2.86. The van der Waals surface area contributed by atoms with E-state index < -0.39 is 0 Å². The molecule has 3 heterocycles. The van der Waals surface area contributed by atoms with Gasteiger partial charge in [0.15, 0.2) is 5.65 Å². The molecule has 5 heteroatoms. The molecule has 0 atom stereocenters. The Morgan fingerprint density at radius 3 is 2.82 bits per heavy atom. The summed E-state index contributed by atoms with van der Waals surface area (Å²) in [4.78, 5) is 6.60. The number of nitrogens with zero attached hydrogens (tertiary/aromatic N) is 4. The number of aryl methyl sites for hydroxylation is 1. The molecule has 0 radical (unpaired) electrons. The van der Waals surface area contributed by atoms with Gasteiger partial charge in [0.25, 0.3) is 0 Å². The number of fused-ring (bicyclic) bond motifs is 1. The lowest BCUT2D eigenvalue weighted by molar-refractivity contribution is 0.478. The van der Waals surface area contributed by atoms with Crippen molar-refractivity contribution in [3.8, 4) is 11.5 Å². The highest BCUT2D eigenvalue weighted by Crippen LogP contribution is 2.31. The molecule has 112 valence electrons. The van der Waals surface area contributed by atoms with Gasteiger partial charge in [0.2, 0.25) is 0 Å². The van der Waals surface area contributed by atoms with E-state index in [1.165, 1.54) is 18.5 Å². The van der Waals surface area contributed by atoms with Crippen LogP contribution in [0.3, 0.4) is 0 Å². The molecule has 1 fully saturated rings. The third-order valence-corrected chi connectivity index (χ3v) is 4.12. The summed E-state index contributed by atoms with van der Waals surface area (Å²) in [5.74, 6) is 1.68. The van der Waals surface area contributed by atoms with Gasteiger partial charge in [-0.2, -0.15) is 5.10 Å². The number of pyridine rings is 1. The number of anilines is 1. The van der Waals surface area contributed by atoms with Crippen molar-refractivity contribution in [2.75, 3.05) is 18.0 Å². The Hall–Kier alpha value is -2.56. The van der Waals surface area contributed by atoms with Crippen LogP contribution in [0.5, 0.6) is 11.5 Å². The summed E-state index contributed by atoms with van der Waals surface area (Å²) in [5.41, 5.74) is 3.15. The fraction of sp³-hybridized carbons (Fsp3) is 0.294. The molecule has 0 unspecified atom stereocenters. The molecule has 0 N–H and O–H groups in total. The highest BCUT2D eigenvalue weighted by atomic mass is 16.5. The second-order valence-corrected chi connectivity index (χ2v) is 5.67. The van der Waals surface area contributed by atoms with Crippen molar-refractivity contribution < 1.29 is 4.74 Å². The lowest BCUT2D eigenvalue weighted by Crippen LogP contribution is -2.17. The van der Waals surface area contributed by atoms with Gasteiger partial charge in [-0.05, 0) is 37.5 Å². The largest absolute Gasteiger partial charge is 0.457 e. The van der Waals surface area contributed by atoms with E-state index in [0.717, 1.165) is 35.8 Å². The minimum atomic E-state index is 0.780. The average molecular weight is 294 g/mol. The molecule has 1 aliphatic heterocycles. The number of rotatable bonds is 3. The first-order valence-corrected chi connectivity index (χ1v) is 7.62. The molecule has 4 rings (SSSR count). The van der Waals surface area contributed by atoms with E-state index in [9.17, 15) is 0 Å². The van der Waals surface area contributed by atoms with Crippen LogP contribution < -0.4 is 9.64 Å². The monoisotopic (exact) mass is 294 g/mol. The van der Waals surface area contributed by atoms with Crippen LogP contribution >= 0.6 is 0 Å². The van der Waals surface area contributed by atoms with Gasteiger partial charge in [-0.3, -0.25) is 0 Å². The number of hydrogen-bond donors (Lipinski definition) is 0. The molecule has 1 saturated heterocycles. The van der Waals surface area contributed by atoms with Crippen LogP contribution in [0.25, 0.3) is 5.65 Å². The third-order valence-electron chi connectivity index (χ3n) is 4.12. The van der Waals surface area contributed by atoms with Gasteiger partial charge in [-0.15, -0.1) is 0 Å². The Bertz CT molecular complexity index is 805. The molecule has 3 aromatic rings. The van der Waals surface area contributed by atoms with Crippen LogP contribution in [0.2, 0.25) is 0 Å². The summed E-state index contributed by atoms with van der Waals surface area (Å²) in [5, 5.41) is 4.09. The lowest BCUT2D eigenvalue weighted by Gasteiger charge is -2.19. The molecular formula is C17H18N4O. The van der Waals surface area contributed by atoms with Gasteiger partial charge in [-0.25, -0.2) is 9.50 Å². The Morgan fingerprint density at radius 2 is 1.95 bits per heavy atom. The van der Waals surface area contributed by atoms with Crippen molar-refractivity contribution >= 4 is 11.3 Å². The quantitative estimate of drug-likeness (QED) is 0.742. The molecule has 0 aliphatic carbocycles. The summed E-state index contributed by atoms with van der Waals surface area (Å²) >= 11 is 0. The molecule has 22 heavy (non-hydrogen) atoms. The van der Waals surface area contributed by atoms with Crippen LogP contribution in [0.15, 0.2) is 42.9 Å². The van der Waals surface area contributed by atoms with E-state index in [-0.39, 0.29) is 0 Å². The van der Waals surface area contributed by atoms with E-state index in [1.54, 1.807) is 10.8 Å². The molecule has 0 spiro atoms. The van der Waals surface area contributed by atoms with E-state index in [2.05, 4.69) is 40.1 Å². The number of hydrogen-bond acceptors (Lipinski definition) is 4. The standard InChI is InChI=1S/C17H18N4O/c1-13-4-5-14(20-7-2-3-8-20)10-16(13)22-15-6-9-21-17(11-15)18-12-19-21/h4-6,9-12H,2-3,7-8H2,1H3. The van der Waals surface area contributed by atoms with Crippen molar-refractivity contribution in [1.82, 2.24) is 14.6 Å². The topological polar surface area (TPSA) is 42.7 Å². The number of benzene rings is 1. The molecule has 1 aromatic carbocycles. The minimum Gasteiger partial charge on any atom is -0.457 e. The summed E-state index contributed by atoms with van der Waals surface area (Å²) in [6.45, 7) is 4.33. The summed E-state index contributed by atoms with van der Waals surface area (Å²) in [7, 11) is 0.